The summed E-state index contributed by atoms with van der Waals surface area (Å²) in [5.41, 5.74) is 4.56. The summed E-state index contributed by atoms with van der Waals surface area (Å²) in [6.45, 7) is 0. The molecule has 0 spiro atoms. The molecular weight excluding hydrogens is 374 g/mol. The van der Waals surface area contributed by atoms with E-state index >= 15 is 0 Å². The lowest BCUT2D eigenvalue weighted by molar-refractivity contribution is 0.102. The molecule has 0 aliphatic rings. The molecule has 30 heavy (non-hydrogen) atoms. The molecule has 0 saturated carbocycles. The number of aromatic amines is 1. The minimum Gasteiger partial charge on any atom is -0.304 e. The highest BCUT2D eigenvalue weighted by Gasteiger charge is 2.21. The van der Waals surface area contributed by atoms with Crippen molar-refractivity contribution in [3.63, 3.8) is 0 Å². The second kappa shape index (κ2) is 7.60. The molecule has 6 nitrogen and oxygen atoms in total. The SMILES string of the molecule is O=C(Nc1n[nH]c2nnc(-c3ccccc3)c(-c3ccccc3)c12)c1ccccc1. The Labute approximate surface area is 172 Å². The molecule has 0 aliphatic carbocycles. The van der Waals surface area contributed by atoms with E-state index in [4.69, 9.17) is 0 Å². The molecule has 2 N–H and O–H groups in total. The lowest BCUT2D eigenvalue weighted by Gasteiger charge is -2.11. The third-order valence-electron chi connectivity index (χ3n) is 4.86. The number of anilines is 1. The zero-order valence-corrected chi connectivity index (χ0v) is 15.9. The van der Waals surface area contributed by atoms with Gasteiger partial charge in [0.1, 0.15) is 5.69 Å². The van der Waals surface area contributed by atoms with Crippen LogP contribution in [0, 0.1) is 0 Å². The first-order valence-corrected chi connectivity index (χ1v) is 9.53. The van der Waals surface area contributed by atoms with Crippen LogP contribution < -0.4 is 5.32 Å². The Bertz CT molecular complexity index is 1320. The van der Waals surface area contributed by atoms with Crippen LogP contribution in [0.2, 0.25) is 0 Å². The number of nitrogens with zero attached hydrogens (tertiary/aromatic N) is 3. The first-order chi connectivity index (χ1) is 14.8. The van der Waals surface area contributed by atoms with E-state index in [-0.39, 0.29) is 5.91 Å². The highest BCUT2D eigenvalue weighted by atomic mass is 16.1. The fraction of sp³-hybridized carbons (Fsp3) is 0. The normalized spacial score (nSPS) is 10.8. The molecule has 5 aromatic rings. The standard InChI is InChI=1S/C24H17N5O/c30-24(18-14-8-3-9-15-18)25-22-20-19(16-10-4-1-5-11-16)21(17-12-6-2-7-13-17)26-28-23(20)29-27-22/h1-15H,(H2,25,27,28,29,30). The third kappa shape index (κ3) is 3.20. The van der Waals surface area contributed by atoms with E-state index in [0.717, 1.165) is 27.8 Å². The average molecular weight is 391 g/mol. The van der Waals surface area contributed by atoms with E-state index in [1.165, 1.54) is 0 Å². The summed E-state index contributed by atoms with van der Waals surface area (Å²) in [5, 5.41) is 19.7. The predicted molar refractivity (Wildman–Crippen MR) is 117 cm³/mol. The number of amides is 1. The second-order valence-corrected chi connectivity index (χ2v) is 6.77. The molecule has 144 valence electrons. The van der Waals surface area contributed by atoms with Gasteiger partial charge >= 0.3 is 0 Å². The lowest BCUT2D eigenvalue weighted by Crippen LogP contribution is -2.12. The van der Waals surface area contributed by atoms with Crippen LogP contribution in [0.15, 0.2) is 91.0 Å². The maximum atomic E-state index is 12.8. The van der Waals surface area contributed by atoms with E-state index < -0.39 is 0 Å². The highest BCUT2D eigenvalue weighted by molar-refractivity contribution is 6.12. The van der Waals surface area contributed by atoms with Crippen LogP contribution in [0.3, 0.4) is 0 Å². The van der Waals surface area contributed by atoms with Gasteiger partial charge in [-0.15, -0.1) is 10.2 Å². The Morgan fingerprint density at radius 2 is 1.33 bits per heavy atom. The van der Waals surface area contributed by atoms with E-state index in [9.17, 15) is 4.79 Å². The summed E-state index contributed by atoms with van der Waals surface area (Å²) in [6.07, 6.45) is 0. The summed E-state index contributed by atoms with van der Waals surface area (Å²) in [7, 11) is 0. The number of aromatic nitrogens is 4. The van der Waals surface area contributed by atoms with Gasteiger partial charge in [0.25, 0.3) is 5.91 Å². The number of H-pyrrole nitrogens is 1. The van der Waals surface area contributed by atoms with Crippen LogP contribution in [0.4, 0.5) is 5.82 Å². The van der Waals surface area contributed by atoms with Gasteiger partial charge in [0.2, 0.25) is 0 Å². The van der Waals surface area contributed by atoms with Crippen molar-refractivity contribution in [2.24, 2.45) is 0 Å². The van der Waals surface area contributed by atoms with Crippen molar-refractivity contribution >= 4 is 22.8 Å². The Balaban J connectivity index is 1.71. The first kappa shape index (κ1) is 17.8. The zero-order valence-electron chi connectivity index (χ0n) is 15.9. The summed E-state index contributed by atoms with van der Waals surface area (Å²) in [4.78, 5) is 12.8. The van der Waals surface area contributed by atoms with Gasteiger partial charge in [-0.25, -0.2) is 0 Å². The Hall–Kier alpha value is -4.32. The van der Waals surface area contributed by atoms with Gasteiger partial charge in [-0.3, -0.25) is 9.89 Å². The minimum absolute atomic E-state index is 0.235. The maximum absolute atomic E-state index is 12.8. The van der Waals surface area contributed by atoms with Gasteiger partial charge in [0.15, 0.2) is 11.5 Å². The van der Waals surface area contributed by atoms with Crippen molar-refractivity contribution in [1.29, 1.82) is 0 Å². The molecule has 0 saturated heterocycles. The Morgan fingerprint density at radius 3 is 2.00 bits per heavy atom. The van der Waals surface area contributed by atoms with Crippen LogP contribution >= 0.6 is 0 Å². The molecule has 0 bridgehead atoms. The fourth-order valence-electron chi connectivity index (χ4n) is 3.45. The van der Waals surface area contributed by atoms with Gasteiger partial charge in [-0.05, 0) is 17.7 Å². The van der Waals surface area contributed by atoms with E-state index in [0.29, 0.717) is 17.0 Å². The third-order valence-corrected chi connectivity index (χ3v) is 4.86. The quantitative estimate of drug-likeness (QED) is 0.455. The highest BCUT2D eigenvalue weighted by Crippen LogP contribution is 2.38. The average Bonchev–Trinajstić information content (AvgIpc) is 3.23. The van der Waals surface area contributed by atoms with E-state index in [1.54, 1.807) is 12.1 Å². The molecule has 2 aromatic heterocycles. The molecular formula is C24H17N5O. The largest absolute Gasteiger partial charge is 0.304 e. The lowest BCUT2D eigenvalue weighted by atomic mass is 9.97. The van der Waals surface area contributed by atoms with Crippen LogP contribution in [-0.2, 0) is 0 Å². The molecule has 0 unspecified atom stereocenters. The topological polar surface area (TPSA) is 83.6 Å². The molecule has 0 atom stereocenters. The number of benzene rings is 3. The number of hydrogen-bond acceptors (Lipinski definition) is 4. The number of nitrogens with one attached hydrogen (secondary N) is 2. The molecule has 6 heteroatoms. The second-order valence-electron chi connectivity index (χ2n) is 6.77. The van der Waals surface area contributed by atoms with E-state index in [2.05, 4.69) is 25.7 Å². The number of rotatable bonds is 4. The Morgan fingerprint density at radius 1 is 0.733 bits per heavy atom. The van der Waals surface area contributed by atoms with E-state index in [1.807, 2.05) is 78.9 Å². The summed E-state index contributed by atoms with van der Waals surface area (Å²) in [5.74, 6) is 0.186. The van der Waals surface area contributed by atoms with Crippen molar-refractivity contribution in [1.82, 2.24) is 20.4 Å². The van der Waals surface area contributed by atoms with Crippen molar-refractivity contribution < 1.29 is 4.79 Å². The number of hydrogen-bond donors (Lipinski definition) is 2. The van der Waals surface area contributed by atoms with Gasteiger partial charge in [0.05, 0.1) is 5.39 Å². The predicted octanol–water partition coefficient (Wildman–Crippen LogP) is 4.94. The smallest absolute Gasteiger partial charge is 0.256 e. The fourth-order valence-corrected chi connectivity index (χ4v) is 3.45. The van der Waals surface area contributed by atoms with Crippen LogP contribution in [0.1, 0.15) is 10.4 Å². The molecule has 0 fully saturated rings. The summed E-state index contributed by atoms with van der Waals surface area (Å²) in [6, 6.07) is 28.8. The molecule has 1 amide bonds. The van der Waals surface area contributed by atoms with Crippen LogP contribution in [0.5, 0.6) is 0 Å². The number of fused-ring (bicyclic) bond motifs is 1. The van der Waals surface area contributed by atoms with Gasteiger partial charge in [-0.2, -0.15) is 5.10 Å². The van der Waals surface area contributed by atoms with Gasteiger partial charge < -0.3 is 5.32 Å². The first-order valence-electron chi connectivity index (χ1n) is 9.53. The zero-order chi connectivity index (χ0) is 20.3. The minimum atomic E-state index is -0.235. The number of carbonyl (C=O) groups excluding carboxylic acids is 1. The van der Waals surface area contributed by atoms with Crippen LogP contribution in [-0.4, -0.2) is 26.3 Å². The van der Waals surface area contributed by atoms with Crippen molar-refractivity contribution in [2.45, 2.75) is 0 Å². The number of carbonyl (C=O) groups is 1. The molecule has 5 rings (SSSR count). The summed E-state index contributed by atoms with van der Waals surface area (Å²) < 4.78 is 0. The van der Waals surface area contributed by atoms with Crippen LogP contribution in [0.25, 0.3) is 33.4 Å². The van der Waals surface area contributed by atoms with Crippen molar-refractivity contribution in [3.05, 3.63) is 96.6 Å². The molecule has 0 radical (unpaired) electrons. The monoisotopic (exact) mass is 391 g/mol. The molecule has 2 heterocycles. The summed E-state index contributed by atoms with van der Waals surface area (Å²) >= 11 is 0. The molecule has 3 aromatic carbocycles. The van der Waals surface area contributed by atoms with Crippen molar-refractivity contribution in [3.8, 4) is 22.4 Å². The van der Waals surface area contributed by atoms with Crippen molar-refractivity contribution in [2.75, 3.05) is 5.32 Å². The Kier molecular flexibility index (Phi) is 4.50. The molecule has 0 aliphatic heterocycles. The van der Waals surface area contributed by atoms with Gasteiger partial charge in [0, 0.05) is 16.7 Å². The van der Waals surface area contributed by atoms with Gasteiger partial charge in [-0.1, -0.05) is 78.9 Å². The maximum Gasteiger partial charge on any atom is 0.256 e.